The normalized spacial score (nSPS) is 12.5. The Morgan fingerprint density at radius 2 is 0.974 bits per heavy atom. The molecule has 0 fully saturated rings. The lowest BCUT2D eigenvalue weighted by molar-refractivity contribution is -0.376. The number of carbonyl (C=O) groups is 1. The summed E-state index contributed by atoms with van der Waals surface area (Å²) in [7, 11) is 1.25. The van der Waals surface area contributed by atoms with Crippen molar-refractivity contribution in [3.05, 3.63) is 173 Å². The van der Waals surface area contributed by atoms with Gasteiger partial charge >= 0.3 is 30.7 Å². The summed E-state index contributed by atoms with van der Waals surface area (Å²) in [6.07, 6.45) is -23.8. The SMILES string of the molecule is CCN(Cc1nc(-c2ccc(OCc3ccccc3)cc2)oc1C)c1ccc(C(O)(C(F)(F)F)C(F)(F)F)cc1.CCN(Cc1nc(-c2cccc(C(=O)OC)c2)oc1C)c1ccc(C(O)(C(F)(F)F)C(F)(F)F)cc1. The predicted octanol–water partition coefficient (Wildman–Crippen LogP) is 13.3. The van der Waals surface area contributed by atoms with Crippen LogP contribution < -0.4 is 14.5 Å². The number of hydrogen-bond acceptors (Lipinski definition) is 11. The first-order valence-electron chi connectivity index (χ1n) is 22.9. The molecule has 76 heavy (non-hydrogen) atoms. The van der Waals surface area contributed by atoms with Crippen LogP contribution in [0.25, 0.3) is 22.9 Å². The first kappa shape index (κ1) is 57.7. The largest absolute Gasteiger partial charge is 0.489 e. The Hall–Kier alpha value is -7.53. The number of hydrogen-bond donors (Lipinski definition) is 2. The van der Waals surface area contributed by atoms with Crippen LogP contribution in [0.3, 0.4) is 0 Å². The van der Waals surface area contributed by atoms with Crippen molar-refractivity contribution in [2.75, 3.05) is 30.0 Å². The number of aromatic nitrogens is 2. The van der Waals surface area contributed by atoms with Crippen LogP contribution in [0.15, 0.2) is 136 Å². The lowest BCUT2D eigenvalue weighted by Gasteiger charge is -2.33. The third-order valence-corrected chi connectivity index (χ3v) is 12.1. The highest BCUT2D eigenvalue weighted by Gasteiger charge is 2.72. The summed E-state index contributed by atoms with van der Waals surface area (Å²) in [5.74, 6) is 1.66. The Morgan fingerprint density at radius 3 is 1.37 bits per heavy atom. The van der Waals surface area contributed by atoms with E-state index in [0.717, 1.165) is 29.8 Å². The van der Waals surface area contributed by atoms with Gasteiger partial charge in [-0.1, -0.05) is 60.7 Å². The van der Waals surface area contributed by atoms with Crippen LogP contribution in [0.5, 0.6) is 5.75 Å². The monoisotopic (exact) mass is 1080 g/mol. The van der Waals surface area contributed by atoms with Gasteiger partial charge in [-0.2, -0.15) is 52.7 Å². The van der Waals surface area contributed by atoms with Gasteiger partial charge in [-0.3, -0.25) is 0 Å². The quantitative estimate of drug-likeness (QED) is 0.0707. The molecule has 7 rings (SSSR count). The third-order valence-electron chi connectivity index (χ3n) is 12.1. The second-order valence-electron chi connectivity index (χ2n) is 16.9. The van der Waals surface area contributed by atoms with Gasteiger partial charge in [0.05, 0.1) is 25.8 Å². The minimum atomic E-state index is -5.96. The molecule has 5 aromatic carbocycles. The molecule has 0 amide bonds. The predicted molar refractivity (Wildman–Crippen MR) is 254 cm³/mol. The van der Waals surface area contributed by atoms with E-state index in [0.29, 0.717) is 107 Å². The Balaban J connectivity index is 0.000000248. The molecule has 0 aliphatic carbocycles. The molecule has 0 bridgehead atoms. The van der Waals surface area contributed by atoms with Crippen molar-refractivity contribution in [3.8, 4) is 28.7 Å². The second-order valence-corrected chi connectivity index (χ2v) is 16.9. The summed E-state index contributed by atoms with van der Waals surface area (Å²) < 4.78 is 180. The Bertz CT molecular complexity index is 3000. The number of oxazole rings is 2. The number of aliphatic hydroxyl groups is 2. The number of nitrogens with zero attached hydrogens (tertiary/aromatic N) is 4. The number of aryl methyl sites for hydroxylation is 2. The molecule has 0 spiro atoms. The zero-order valence-corrected chi connectivity index (χ0v) is 40.9. The number of halogens is 12. The zero-order valence-electron chi connectivity index (χ0n) is 40.9. The van der Waals surface area contributed by atoms with E-state index in [2.05, 4.69) is 9.97 Å². The second kappa shape index (κ2) is 22.7. The topological polar surface area (TPSA) is 135 Å². The van der Waals surface area contributed by atoms with E-state index in [9.17, 15) is 67.7 Å². The first-order chi connectivity index (χ1) is 35.6. The maximum atomic E-state index is 13.2. The minimum absolute atomic E-state index is 0.130. The molecular weight excluding hydrogens is 1030 g/mol. The van der Waals surface area contributed by atoms with Crippen molar-refractivity contribution in [1.29, 1.82) is 0 Å². The van der Waals surface area contributed by atoms with Gasteiger partial charge in [0, 0.05) is 46.7 Å². The van der Waals surface area contributed by atoms with Crippen LogP contribution >= 0.6 is 0 Å². The van der Waals surface area contributed by atoms with E-state index in [-0.39, 0.29) is 19.0 Å². The molecule has 23 heteroatoms. The molecule has 7 aromatic rings. The summed E-state index contributed by atoms with van der Waals surface area (Å²) in [5, 5.41) is 19.2. The maximum Gasteiger partial charge on any atom is 0.430 e. The van der Waals surface area contributed by atoms with Gasteiger partial charge in [0.15, 0.2) is 0 Å². The summed E-state index contributed by atoms with van der Waals surface area (Å²) in [5.41, 5.74) is -8.41. The minimum Gasteiger partial charge on any atom is -0.489 e. The number of anilines is 2. The van der Waals surface area contributed by atoms with Crippen LogP contribution in [0.1, 0.15) is 63.8 Å². The number of benzene rings is 5. The van der Waals surface area contributed by atoms with Gasteiger partial charge in [-0.25, -0.2) is 14.8 Å². The van der Waals surface area contributed by atoms with E-state index in [1.54, 1.807) is 86.0 Å². The molecule has 2 aromatic heterocycles. The summed E-state index contributed by atoms with van der Waals surface area (Å²) in [6, 6.07) is 30.1. The number of carbonyl (C=O) groups excluding carboxylic acids is 1. The number of methoxy groups -OCH3 is 1. The summed E-state index contributed by atoms with van der Waals surface area (Å²) >= 11 is 0. The fraction of sp³-hybridized carbons (Fsp3) is 0.302. The van der Waals surface area contributed by atoms with Crippen molar-refractivity contribution in [3.63, 3.8) is 0 Å². The van der Waals surface area contributed by atoms with Crippen molar-refractivity contribution in [2.24, 2.45) is 0 Å². The number of esters is 1. The highest BCUT2D eigenvalue weighted by molar-refractivity contribution is 5.90. The molecule has 0 aliphatic rings. The Morgan fingerprint density at radius 1 is 0.553 bits per heavy atom. The van der Waals surface area contributed by atoms with Crippen molar-refractivity contribution < 1.29 is 86.0 Å². The Labute approximate surface area is 426 Å². The number of rotatable bonds is 16. The maximum absolute atomic E-state index is 13.2. The van der Waals surface area contributed by atoms with Crippen LogP contribution in [0.4, 0.5) is 64.1 Å². The van der Waals surface area contributed by atoms with Gasteiger partial charge in [0.25, 0.3) is 11.2 Å². The zero-order chi connectivity index (χ0) is 56.0. The van der Waals surface area contributed by atoms with Crippen LogP contribution in [-0.4, -0.2) is 71.1 Å². The molecule has 0 radical (unpaired) electrons. The van der Waals surface area contributed by atoms with Crippen molar-refractivity contribution >= 4 is 17.3 Å². The molecule has 0 aliphatic heterocycles. The van der Waals surface area contributed by atoms with Gasteiger partial charge in [-0.15, -0.1) is 0 Å². The molecule has 11 nitrogen and oxygen atoms in total. The summed E-state index contributed by atoms with van der Waals surface area (Å²) in [6.45, 7) is 8.33. The molecule has 0 saturated heterocycles. The first-order valence-corrected chi connectivity index (χ1v) is 22.9. The number of alkyl halides is 12. The lowest BCUT2D eigenvalue weighted by atomic mass is 9.92. The van der Waals surface area contributed by atoms with Crippen LogP contribution in [0.2, 0.25) is 0 Å². The fourth-order valence-corrected chi connectivity index (χ4v) is 7.66. The van der Waals surface area contributed by atoms with Crippen molar-refractivity contribution in [2.45, 2.75) is 83.3 Å². The highest BCUT2D eigenvalue weighted by atomic mass is 19.4. The van der Waals surface area contributed by atoms with E-state index in [4.69, 9.17) is 18.3 Å². The molecule has 0 unspecified atom stereocenters. The molecule has 2 N–H and O–H groups in total. The molecule has 0 atom stereocenters. The third kappa shape index (κ3) is 12.4. The van der Waals surface area contributed by atoms with E-state index >= 15 is 0 Å². The fourth-order valence-electron chi connectivity index (χ4n) is 7.66. The van der Waals surface area contributed by atoms with Gasteiger partial charge in [0.2, 0.25) is 11.8 Å². The standard InChI is InChI=1S/C29H26F6N2O3.C24H22F6N2O4/c1-3-37(23-13-11-22(12-14-23)27(38,28(30,31)32)29(33,34)35)17-25-19(2)40-26(36-25)21-9-15-24(16-10-21)39-18-20-7-5-4-6-8-20;1-4-32(18-10-8-17(9-11-18)22(34,23(25,26)27)24(28,29)30)13-19-14(2)36-20(31-19)15-6-5-7-16(12-15)21(33)35-3/h4-16,38H,3,17-18H2,1-2H3;5-12,34H,4,13H2,1-3H3. The highest BCUT2D eigenvalue weighted by Crippen LogP contribution is 2.51. The van der Waals surface area contributed by atoms with E-state index in [1.807, 2.05) is 30.3 Å². The van der Waals surface area contributed by atoms with Crippen LogP contribution in [0, 0.1) is 13.8 Å². The average molecular weight is 1080 g/mol. The van der Waals surface area contributed by atoms with Gasteiger partial charge in [0.1, 0.15) is 35.3 Å². The van der Waals surface area contributed by atoms with Crippen molar-refractivity contribution in [1.82, 2.24) is 9.97 Å². The van der Waals surface area contributed by atoms with E-state index < -0.39 is 53.0 Å². The molecule has 406 valence electrons. The number of ether oxygens (including phenoxy) is 2. The van der Waals surface area contributed by atoms with Crippen LogP contribution in [-0.2, 0) is 35.6 Å². The average Bonchev–Trinajstić information content (AvgIpc) is 3.97. The summed E-state index contributed by atoms with van der Waals surface area (Å²) in [4.78, 5) is 24.1. The Kier molecular flexibility index (Phi) is 17.3. The van der Waals surface area contributed by atoms with Gasteiger partial charge < -0.3 is 38.3 Å². The lowest BCUT2D eigenvalue weighted by Crippen LogP contribution is -2.53. The molecule has 0 saturated carbocycles. The molecule has 2 heterocycles. The van der Waals surface area contributed by atoms with E-state index in [1.165, 1.54) is 7.11 Å². The van der Waals surface area contributed by atoms with Gasteiger partial charge in [-0.05, 0) is 100.0 Å². The smallest absolute Gasteiger partial charge is 0.430 e. The molecular formula is C53H48F12N4O7.